The minimum Gasteiger partial charge on any atom is -0.328 e. The fraction of sp³-hybridized carbons (Fsp3) is 0.750. The molecule has 0 amide bonds. The number of hydrogen-bond acceptors (Lipinski definition) is 4. The molecule has 92 valence electrons. The van der Waals surface area contributed by atoms with E-state index in [2.05, 4.69) is 24.1 Å². The molecule has 1 rings (SSSR count). The molecule has 0 bridgehead atoms. The van der Waals surface area contributed by atoms with Crippen molar-refractivity contribution >= 4 is 11.3 Å². The minimum absolute atomic E-state index is 0.345. The molecule has 2 atom stereocenters. The molecule has 0 aliphatic heterocycles. The molecule has 0 saturated carbocycles. The summed E-state index contributed by atoms with van der Waals surface area (Å²) in [6.07, 6.45) is 5.57. The van der Waals surface area contributed by atoms with Crippen molar-refractivity contribution in [3.05, 3.63) is 16.6 Å². The SMILES string of the molecule is CC(N)CCCC(C)CNCc1cncs1. The Bertz CT molecular complexity index is 259. The number of nitrogens with two attached hydrogens (primary N) is 1. The van der Waals surface area contributed by atoms with Gasteiger partial charge in [0.05, 0.1) is 5.51 Å². The summed E-state index contributed by atoms with van der Waals surface area (Å²) in [6.45, 7) is 6.40. The van der Waals surface area contributed by atoms with Gasteiger partial charge in [-0.25, -0.2) is 0 Å². The van der Waals surface area contributed by atoms with Gasteiger partial charge in [-0.2, -0.15) is 0 Å². The van der Waals surface area contributed by atoms with E-state index in [4.69, 9.17) is 5.73 Å². The van der Waals surface area contributed by atoms with Crippen LogP contribution < -0.4 is 11.1 Å². The lowest BCUT2D eigenvalue weighted by atomic mass is 10.0. The van der Waals surface area contributed by atoms with E-state index >= 15 is 0 Å². The highest BCUT2D eigenvalue weighted by Crippen LogP contribution is 2.09. The monoisotopic (exact) mass is 241 g/mol. The Balaban J connectivity index is 2.00. The van der Waals surface area contributed by atoms with Gasteiger partial charge < -0.3 is 11.1 Å². The number of hydrogen-bond donors (Lipinski definition) is 2. The van der Waals surface area contributed by atoms with Crippen molar-refractivity contribution in [2.24, 2.45) is 11.7 Å². The first kappa shape index (κ1) is 13.6. The van der Waals surface area contributed by atoms with Gasteiger partial charge in [0, 0.05) is 23.7 Å². The van der Waals surface area contributed by atoms with E-state index in [-0.39, 0.29) is 0 Å². The van der Waals surface area contributed by atoms with Gasteiger partial charge in [-0.3, -0.25) is 4.98 Å². The standard InChI is InChI=1S/C12H23N3S/c1-10(4-3-5-11(2)13)6-14-7-12-8-15-9-16-12/h8-11,14H,3-7,13H2,1-2H3. The van der Waals surface area contributed by atoms with E-state index in [0.29, 0.717) is 6.04 Å². The van der Waals surface area contributed by atoms with Gasteiger partial charge in [0.15, 0.2) is 0 Å². The normalized spacial score (nSPS) is 14.9. The summed E-state index contributed by atoms with van der Waals surface area (Å²) in [6, 6.07) is 0.345. The van der Waals surface area contributed by atoms with Crippen LogP contribution in [0.15, 0.2) is 11.7 Å². The molecule has 0 fully saturated rings. The van der Waals surface area contributed by atoms with Gasteiger partial charge >= 0.3 is 0 Å². The molecule has 3 nitrogen and oxygen atoms in total. The Morgan fingerprint density at radius 2 is 2.25 bits per heavy atom. The van der Waals surface area contributed by atoms with E-state index < -0.39 is 0 Å². The number of nitrogens with zero attached hydrogens (tertiary/aromatic N) is 1. The van der Waals surface area contributed by atoms with Crippen LogP contribution in [0, 0.1) is 5.92 Å². The Hall–Kier alpha value is -0.450. The predicted molar refractivity (Wildman–Crippen MR) is 70.5 cm³/mol. The lowest BCUT2D eigenvalue weighted by molar-refractivity contribution is 0.449. The topological polar surface area (TPSA) is 50.9 Å². The zero-order valence-electron chi connectivity index (χ0n) is 10.3. The zero-order chi connectivity index (χ0) is 11.8. The molecule has 16 heavy (non-hydrogen) atoms. The Kier molecular flexibility index (Phi) is 6.61. The van der Waals surface area contributed by atoms with E-state index in [1.54, 1.807) is 11.3 Å². The van der Waals surface area contributed by atoms with E-state index in [9.17, 15) is 0 Å². The fourth-order valence-corrected chi connectivity index (χ4v) is 2.23. The van der Waals surface area contributed by atoms with E-state index in [1.807, 2.05) is 11.7 Å². The van der Waals surface area contributed by atoms with Gasteiger partial charge in [-0.05, 0) is 32.2 Å². The van der Waals surface area contributed by atoms with E-state index in [0.717, 1.165) is 25.4 Å². The van der Waals surface area contributed by atoms with Crippen molar-refractivity contribution < 1.29 is 0 Å². The van der Waals surface area contributed by atoms with Crippen molar-refractivity contribution in [2.75, 3.05) is 6.54 Å². The largest absolute Gasteiger partial charge is 0.328 e. The van der Waals surface area contributed by atoms with Crippen LogP contribution in [0.5, 0.6) is 0 Å². The molecule has 1 aromatic heterocycles. The molecule has 1 heterocycles. The summed E-state index contributed by atoms with van der Waals surface area (Å²) in [5, 5.41) is 3.46. The van der Waals surface area contributed by atoms with Crippen LogP contribution in [0.4, 0.5) is 0 Å². The first-order valence-electron chi connectivity index (χ1n) is 6.02. The summed E-state index contributed by atoms with van der Waals surface area (Å²) in [7, 11) is 0. The van der Waals surface area contributed by atoms with E-state index in [1.165, 1.54) is 17.7 Å². The maximum absolute atomic E-state index is 5.72. The Morgan fingerprint density at radius 3 is 2.88 bits per heavy atom. The van der Waals surface area contributed by atoms with Crippen LogP contribution in [0.3, 0.4) is 0 Å². The van der Waals surface area contributed by atoms with Crippen LogP contribution in [0.1, 0.15) is 38.0 Å². The second-order valence-electron chi connectivity index (χ2n) is 4.61. The second kappa shape index (κ2) is 7.76. The number of aromatic nitrogens is 1. The third-order valence-corrected chi connectivity index (χ3v) is 3.41. The van der Waals surface area contributed by atoms with Crippen molar-refractivity contribution in [1.82, 2.24) is 10.3 Å². The van der Waals surface area contributed by atoms with Gasteiger partial charge in [0.1, 0.15) is 0 Å². The Labute approximate surface area is 102 Å². The maximum Gasteiger partial charge on any atom is 0.0794 e. The summed E-state index contributed by atoms with van der Waals surface area (Å²) in [5.41, 5.74) is 7.60. The number of nitrogens with one attached hydrogen (secondary N) is 1. The van der Waals surface area contributed by atoms with Crippen molar-refractivity contribution in [3.8, 4) is 0 Å². The van der Waals surface area contributed by atoms with Gasteiger partial charge in [-0.1, -0.05) is 13.3 Å². The average molecular weight is 241 g/mol. The van der Waals surface area contributed by atoms with Crippen molar-refractivity contribution in [1.29, 1.82) is 0 Å². The van der Waals surface area contributed by atoms with Crippen LogP contribution in [-0.4, -0.2) is 17.6 Å². The summed E-state index contributed by atoms with van der Waals surface area (Å²) in [4.78, 5) is 5.36. The van der Waals surface area contributed by atoms with Gasteiger partial charge in [0.25, 0.3) is 0 Å². The molecule has 4 heteroatoms. The molecule has 0 aliphatic carbocycles. The van der Waals surface area contributed by atoms with Crippen molar-refractivity contribution in [3.63, 3.8) is 0 Å². The maximum atomic E-state index is 5.72. The molecule has 3 N–H and O–H groups in total. The minimum atomic E-state index is 0.345. The fourth-order valence-electron chi connectivity index (χ4n) is 1.66. The molecule has 1 aromatic rings. The van der Waals surface area contributed by atoms with Crippen LogP contribution in [0.2, 0.25) is 0 Å². The van der Waals surface area contributed by atoms with Gasteiger partial charge in [0.2, 0.25) is 0 Å². The number of thiazole rings is 1. The Morgan fingerprint density at radius 1 is 1.44 bits per heavy atom. The molecular weight excluding hydrogens is 218 g/mol. The zero-order valence-corrected chi connectivity index (χ0v) is 11.1. The van der Waals surface area contributed by atoms with Crippen LogP contribution >= 0.6 is 11.3 Å². The number of rotatable bonds is 8. The highest BCUT2D eigenvalue weighted by molar-refractivity contribution is 7.09. The first-order valence-corrected chi connectivity index (χ1v) is 6.90. The predicted octanol–water partition coefficient (Wildman–Crippen LogP) is 2.39. The third kappa shape index (κ3) is 6.20. The molecule has 0 saturated heterocycles. The molecule has 0 aromatic carbocycles. The molecule has 0 spiro atoms. The summed E-state index contributed by atoms with van der Waals surface area (Å²) >= 11 is 1.71. The average Bonchev–Trinajstić information content (AvgIpc) is 2.70. The highest BCUT2D eigenvalue weighted by atomic mass is 32.1. The van der Waals surface area contributed by atoms with Crippen molar-refractivity contribution in [2.45, 2.75) is 45.7 Å². The molecular formula is C12H23N3S. The lowest BCUT2D eigenvalue weighted by Crippen LogP contribution is -2.21. The second-order valence-corrected chi connectivity index (χ2v) is 5.58. The van der Waals surface area contributed by atoms with Crippen LogP contribution in [0.25, 0.3) is 0 Å². The molecule has 0 radical (unpaired) electrons. The van der Waals surface area contributed by atoms with Gasteiger partial charge in [-0.15, -0.1) is 11.3 Å². The quantitative estimate of drug-likeness (QED) is 0.735. The third-order valence-electron chi connectivity index (χ3n) is 2.63. The first-order chi connectivity index (χ1) is 7.68. The summed E-state index contributed by atoms with van der Waals surface area (Å²) in [5.74, 6) is 0.728. The van der Waals surface area contributed by atoms with Crippen LogP contribution in [-0.2, 0) is 6.54 Å². The molecule has 0 aliphatic rings. The lowest BCUT2D eigenvalue weighted by Gasteiger charge is -2.12. The highest BCUT2D eigenvalue weighted by Gasteiger charge is 2.03. The molecule has 2 unspecified atom stereocenters. The smallest absolute Gasteiger partial charge is 0.0794 e. The summed E-state index contributed by atoms with van der Waals surface area (Å²) < 4.78 is 0.